The highest BCUT2D eigenvalue weighted by atomic mass is 16.5. The second kappa shape index (κ2) is 6.69. The molecular weight excluding hydrogens is 316 g/mol. The summed E-state index contributed by atoms with van der Waals surface area (Å²) in [6, 6.07) is 15.5. The number of fused-ring (bicyclic) bond motifs is 1. The Hall–Kier alpha value is -2.66. The average Bonchev–Trinajstić information content (AvgIpc) is 2.68. The number of nitrogens with one attached hydrogen (secondary N) is 1. The number of nitrogens with zero attached hydrogens (tertiary/aromatic N) is 1. The molecule has 0 aliphatic carbocycles. The molecule has 2 aromatic carbocycles. The predicted molar refractivity (Wildman–Crippen MR) is 94.4 cm³/mol. The highest BCUT2D eigenvalue weighted by molar-refractivity contribution is 5.98. The van der Waals surface area contributed by atoms with Crippen molar-refractivity contribution in [3.8, 4) is 0 Å². The van der Waals surface area contributed by atoms with Gasteiger partial charge in [0.1, 0.15) is 6.10 Å². The number of anilines is 1. The first-order valence-corrected chi connectivity index (χ1v) is 8.59. The quantitative estimate of drug-likeness (QED) is 0.917. The van der Waals surface area contributed by atoms with Crippen LogP contribution in [0.25, 0.3) is 0 Å². The zero-order valence-electron chi connectivity index (χ0n) is 13.9. The Labute approximate surface area is 146 Å². The van der Waals surface area contributed by atoms with Crippen LogP contribution in [0.3, 0.4) is 0 Å². The van der Waals surface area contributed by atoms with Gasteiger partial charge in [0.05, 0.1) is 13.2 Å². The number of amides is 2. The number of ether oxygens (including phenoxy) is 1. The zero-order valence-corrected chi connectivity index (χ0v) is 13.9. The largest absolute Gasteiger partial charge is 0.370 e. The summed E-state index contributed by atoms with van der Waals surface area (Å²) in [4.78, 5) is 26.2. The first-order chi connectivity index (χ1) is 12.2. The molecule has 0 unspecified atom stereocenters. The van der Waals surface area contributed by atoms with E-state index >= 15 is 0 Å². The molecule has 25 heavy (non-hydrogen) atoms. The summed E-state index contributed by atoms with van der Waals surface area (Å²) in [7, 11) is 0. The van der Waals surface area contributed by atoms with E-state index < -0.39 is 0 Å². The second-order valence-corrected chi connectivity index (χ2v) is 6.44. The van der Waals surface area contributed by atoms with Crippen molar-refractivity contribution in [2.24, 2.45) is 0 Å². The third-order valence-corrected chi connectivity index (χ3v) is 4.77. The SMILES string of the molecule is O=C1CCc2cc(C(=O)N3CCO[C@H](c4ccccc4)C3)ccc2N1. The van der Waals surface area contributed by atoms with Gasteiger partial charge in [0, 0.05) is 24.2 Å². The molecular formula is C20H20N2O3. The Morgan fingerprint density at radius 1 is 1.12 bits per heavy atom. The minimum Gasteiger partial charge on any atom is -0.370 e. The van der Waals surface area contributed by atoms with Crippen molar-refractivity contribution in [1.29, 1.82) is 0 Å². The van der Waals surface area contributed by atoms with Crippen LogP contribution in [0.1, 0.15) is 34.0 Å². The Bertz CT molecular complexity index is 804. The predicted octanol–water partition coefficient (Wildman–Crippen LogP) is 2.79. The lowest BCUT2D eigenvalue weighted by atomic mass is 9.99. The molecule has 128 valence electrons. The molecule has 0 radical (unpaired) electrons. The van der Waals surface area contributed by atoms with Gasteiger partial charge in [-0.1, -0.05) is 30.3 Å². The van der Waals surface area contributed by atoms with E-state index in [0.717, 1.165) is 16.8 Å². The highest BCUT2D eigenvalue weighted by Crippen LogP contribution is 2.26. The lowest BCUT2D eigenvalue weighted by molar-refractivity contribution is -0.116. The first kappa shape index (κ1) is 15.8. The van der Waals surface area contributed by atoms with Crippen molar-refractivity contribution in [1.82, 2.24) is 4.90 Å². The van der Waals surface area contributed by atoms with Crippen LogP contribution in [0.2, 0.25) is 0 Å². The van der Waals surface area contributed by atoms with Crippen LogP contribution in [0.15, 0.2) is 48.5 Å². The molecule has 5 nitrogen and oxygen atoms in total. The van der Waals surface area contributed by atoms with E-state index in [9.17, 15) is 9.59 Å². The molecule has 1 saturated heterocycles. The molecule has 5 heteroatoms. The summed E-state index contributed by atoms with van der Waals surface area (Å²) in [5, 5.41) is 2.85. The maximum Gasteiger partial charge on any atom is 0.254 e. The Morgan fingerprint density at radius 2 is 1.96 bits per heavy atom. The Kier molecular flexibility index (Phi) is 4.24. The van der Waals surface area contributed by atoms with Gasteiger partial charge in [-0.25, -0.2) is 0 Å². The van der Waals surface area contributed by atoms with Crippen molar-refractivity contribution in [3.05, 3.63) is 65.2 Å². The number of rotatable bonds is 2. The summed E-state index contributed by atoms with van der Waals surface area (Å²) in [6.45, 7) is 1.68. The van der Waals surface area contributed by atoms with Gasteiger partial charge >= 0.3 is 0 Å². The molecule has 2 amide bonds. The number of hydrogen-bond donors (Lipinski definition) is 1. The summed E-state index contributed by atoms with van der Waals surface area (Å²) >= 11 is 0. The fraction of sp³-hybridized carbons (Fsp3) is 0.300. The molecule has 2 heterocycles. The smallest absolute Gasteiger partial charge is 0.254 e. The summed E-state index contributed by atoms with van der Waals surface area (Å²) in [6.07, 6.45) is 1.06. The van der Waals surface area contributed by atoms with Crippen molar-refractivity contribution < 1.29 is 14.3 Å². The van der Waals surface area contributed by atoms with Gasteiger partial charge in [0.2, 0.25) is 5.91 Å². The van der Waals surface area contributed by atoms with E-state index in [1.807, 2.05) is 47.4 Å². The number of carbonyl (C=O) groups is 2. The fourth-order valence-electron chi connectivity index (χ4n) is 3.40. The molecule has 4 rings (SSSR count). The van der Waals surface area contributed by atoms with Crippen molar-refractivity contribution in [3.63, 3.8) is 0 Å². The van der Waals surface area contributed by atoms with Gasteiger partial charge in [0.25, 0.3) is 5.91 Å². The van der Waals surface area contributed by atoms with Gasteiger partial charge < -0.3 is 15.0 Å². The van der Waals surface area contributed by atoms with Crippen LogP contribution in [0.5, 0.6) is 0 Å². The number of morpholine rings is 1. The highest BCUT2D eigenvalue weighted by Gasteiger charge is 2.27. The van der Waals surface area contributed by atoms with Crippen LogP contribution < -0.4 is 5.32 Å². The Balaban J connectivity index is 1.52. The second-order valence-electron chi connectivity index (χ2n) is 6.44. The lowest BCUT2D eigenvalue weighted by Gasteiger charge is -2.33. The van der Waals surface area contributed by atoms with Crippen LogP contribution in [0.4, 0.5) is 5.69 Å². The lowest BCUT2D eigenvalue weighted by Crippen LogP contribution is -2.42. The molecule has 0 aromatic heterocycles. The van der Waals surface area contributed by atoms with E-state index in [2.05, 4.69) is 5.32 Å². The Morgan fingerprint density at radius 3 is 2.80 bits per heavy atom. The van der Waals surface area contributed by atoms with Crippen LogP contribution >= 0.6 is 0 Å². The normalized spacial score (nSPS) is 19.9. The van der Waals surface area contributed by atoms with Crippen molar-refractivity contribution in [2.45, 2.75) is 18.9 Å². The van der Waals surface area contributed by atoms with Gasteiger partial charge in [0.15, 0.2) is 0 Å². The topological polar surface area (TPSA) is 58.6 Å². The van der Waals surface area contributed by atoms with E-state index in [-0.39, 0.29) is 17.9 Å². The summed E-state index contributed by atoms with van der Waals surface area (Å²) in [5.41, 5.74) is 3.60. The number of carbonyl (C=O) groups excluding carboxylic acids is 2. The molecule has 1 atom stereocenters. The van der Waals surface area contributed by atoms with Crippen molar-refractivity contribution >= 4 is 17.5 Å². The molecule has 1 fully saturated rings. The maximum atomic E-state index is 12.9. The van der Waals surface area contributed by atoms with Crippen LogP contribution in [0, 0.1) is 0 Å². The molecule has 0 bridgehead atoms. The van der Waals surface area contributed by atoms with E-state index in [1.54, 1.807) is 6.07 Å². The fourth-order valence-corrected chi connectivity index (χ4v) is 3.40. The summed E-state index contributed by atoms with van der Waals surface area (Å²) in [5.74, 6) is 0.0504. The molecule has 0 saturated carbocycles. The standard InChI is InChI=1S/C20H20N2O3/c23-19-9-7-15-12-16(6-8-17(15)21-19)20(24)22-10-11-25-18(13-22)14-4-2-1-3-5-14/h1-6,8,12,18H,7,9-11,13H2,(H,21,23)/t18-/m0/s1. The number of hydrogen-bond acceptors (Lipinski definition) is 3. The van der Waals surface area contributed by atoms with Crippen LogP contribution in [-0.4, -0.2) is 36.4 Å². The zero-order chi connectivity index (χ0) is 17.2. The molecule has 0 spiro atoms. The molecule has 2 aliphatic rings. The van der Waals surface area contributed by atoms with Gasteiger partial charge in [-0.15, -0.1) is 0 Å². The third-order valence-electron chi connectivity index (χ3n) is 4.77. The molecule has 2 aliphatic heterocycles. The first-order valence-electron chi connectivity index (χ1n) is 8.59. The minimum absolute atomic E-state index is 0.0175. The number of benzene rings is 2. The maximum absolute atomic E-state index is 12.9. The molecule has 2 aromatic rings. The van der Waals surface area contributed by atoms with Gasteiger partial charge in [-0.3, -0.25) is 9.59 Å². The van der Waals surface area contributed by atoms with Crippen LogP contribution in [-0.2, 0) is 16.0 Å². The van der Waals surface area contributed by atoms with Gasteiger partial charge in [-0.2, -0.15) is 0 Å². The minimum atomic E-state index is -0.0872. The monoisotopic (exact) mass is 336 g/mol. The molecule has 1 N–H and O–H groups in total. The number of aryl methyl sites for hydroxylation is 1. The van der Waals surface area contributed by atoms with E-state index in [1.165, 1.54) is 0 Å². The van der Waals surface area contributed by atoms with Gasteiger partial charge in [-0.05, 0) is 35.7 Å². The van der Waals surface area contributed by atoms with Crippen molar-refractivity contribution in [2.75, 3.05) is 25.0 Å². The average molecular weight is 336 g/mol. The van der Waals surface area contributed by atoms with E-state index in [4.69, 9.17) is 4.74 Å². The summed E-state index contributed by atoms with van der Waals surface area (Å²) < 4.78 is 5.84. The van der Waals surface area contributed by atoms with E-state index in [0.29, 0.717) is 38.1 Å². The third kappa shape index (κ3) is 3.28.